The Kier molecular flexibility index (Phi) is 9.22. The lowest BCUT2D eigenvalue weighted by atomic mass is 9.81. The van der Waals surface area contributed by atoms with E-state index in [1.807, 2.05) is 32.1 Å². The van der Waals surface area contributed by atoms with Gasteiger partial charge in [-0.3, -0.25) is 0 Å². The Morgan fingerprint density at radius 3 is 2.43 bits per heavy atom. The molecule has 1 aliphatic rings. The molecule has 0 heterocycles. The molecule has 0 spiro atoms. The molecule has 0 fully saturated rings. The average molecular weight is 282 g/mol. The summed E-state index contributed by atoms with van der Waals surface area (Å²) in [5.41, 5.74) is 4.25. The van der Waals surface area contributed by atoms with E-state index in [2.05, 4.69) is 45.1 Å². The molecule has 0 N–H and O–H groups in total. The Bertz CT molecular complexity index is 473. The molecule has 0 unspecified atom stereocenters. The lowest BCUT2D eigenvalue weighted by Crippen LogP contribution is -2.08. The lowest BCUT2D eigenvalue weighted by Gasteiger charge is -2.24. The molecule has 0 amide bonds. The number of rotatable bonds is 5. The summed E-state index contributed by atoms with van der Waals surface area (Å²) < 4.78 is 0. The summed E-state index contributed by atoms with van der Waals surface area (Å²) in [7, 11) is 0. The fourth-order valence-corrected chi connectivity index (χ4v) is 2.51. The molecule has 0 heteroatoms. The van der Waals surface area contributed by atoms with E-state index in [1.165, 1.54) is 16.7 Å². The van der Waals surface area contributed by atoms with Crippen molar-refractivity contribution in [3.8, 4) is 12.3 Å². The van der Waals surface area contributed by atoms with Crippen LogP contribution in [0.5, 0.6) is 0 Å². The molecule has 0 aromatic rings. The maximum atomic E-state index is 5.45. The van der Waals surface area contributed by atoms with Crippen LogP contribution in [0.3, 0.4) is 0 Å². The highest BCUT2D eigenvalue weighted by atomic mass is 14.2. The maximum absolute atomic E-state index is 5.45. The molecule has 0 atom stereocenters. The van der Waals surface area contributed by atoms with Crippen LogP contribution in [0.4, 0.5) is 0 Å². The van der Waals surface area contributed by atoms with E-state index in [4.69, 9.17) is 6.42 Å². The quantitative estimate of drug-likeness (QED) is 0.311. The Morgan fingerprint density at radius 1 is 1.24 bits per heavy atom. The van der Waals surface area contributed by atoms with E-state index in [0.29, 0.717) is 0 Å². The van der Waals surface area contributed by atoms with Crippen molar-refractivity contribution in [3.63, 3.8) is 0 Å². The second kappa shape index (κ2) is 10.1. The predicted molar refractivity (Wildman–Crippen MR) is 97.1 cm³/mol. The minimum Gasteiger partial charge on any atom is -0.120 e. The van der Waals surface area contributed by atoms with Gasteiger partial charge < -0.3 is 0 Å². The minimum absolute atomic E-state index is 0.0659. The molecule has 1 aliphatic carbocycles. The van der Waals surface area contributed by atoms with Crippen LogP contribution in [0.15, 0.2) is 60.3 Å². The summed E-state index contributed by atoms with van der Waals surface area (Å²) >= 11 is 0. The first-order valence-electron chi connectivity index (χ1n) is 7.80. The van der Waals surface area contributed by atoms with Gasteiger partial charge in [0, 0.05) is 11.8 Å². The van der Waals surface area contributed by atoms with Crippen molar-refractivity contribution in [1.29, 1.82) is 0 Å². The van der Waals surface area contributed by atoms with Crippen molar-refractivity contribution in [3.05, 3.63) is 60.3 Å². The summed E-state index contributed by atoms with van der Waals surface area (Å²) in [4.78, 5) is 0. The molecule has 0 bridgehead atoms. The normalized spacial score (nSPS) is 17.2. The molecule has 0 aromatic heterocycles. The molecule has 0 saturated carbocycles. The highest BCUT2D eigenvalue weighted by molar-refractivity contribution is 5.36. The van der Waals surface area contributed by atoms with Gasteiger partial charge in [-0.25, -0.2) is 0 Å². The number of allylic oxidation sites excluding steroid dienone is 8. The van der Waals surface area contributed by atoms with Crippen molar-refractivity contribution < 1.29 is 0 Å². The standard InChI is InChI=1S/C19H24.C2H6/c1-6-9-13-19(4,5)15-16-11-12-17(8-3)18(14-16)10-7-2;1-2/h2,6,8-9,13,15H,1,3,10-12,14H2,4-5H3;1-2H3/b13-9-,16-15+;. The highest BCUT2D eigenvalue weighted by Gasteiger charge is 2.17. The zero-order valence-electron chi connectivity index (χ0n) is 14.2. The highest BCUT2D eigenvalue weighted by Crippen LogP contribution is 2.34. The number of hydrogen-bond donors (Lipinski definition) is 0. The molecule has 0 nitrogen and oxygen atoms in total. The van der Waals surface area contributed by atoms with Gasteiger partial charge in [0.05, 0.1) is 0 Å². The summed E-state index contributed by atoms with van der Waals surface area (Å²) in [6.45, 7) is 16.0. The largest absolute Gasteiger partial charge is 0.120 e. The fraction of sp³-hybridized carbons (Fsp3) is 0.429. The smallest absolute Gasteiger partial charge is 0.0305 e. The average Bonchev–Trinajstić information content (AvgIpc) is 2.48. The van der Waals surface area contributed by atoms with Crippen molar-refractivity contribution in [1.82, 2.24) is 0 Å². The van der Waals surface area contributed by atoms with Crippen LogP contribution in [-0.4, -0.2) is 0 Å². The third-order valence-corrected chi connectivity index (χ3v) is 3.41. The van der Waals surface area contributed by atoms with Crippen molar-refractivity contribution in [2.75, 3.05) is 0 Å². The predicted octanol–water partition coefficient (Wildman–Crippen LogP) is 6.40. The molecule has 114 valence electrons. The Balaban J connectivity index is 0.00000191. The Hall–Kier alpha value is -1.74. The van der Waals surface area contributed by atoms with Gasteiger partial charge in [-0.05, 0) is 24.8 Å². The van der Waals surface area contributed by atoms with Gasteiger partial charge in [0.2, 0.25) is 0 Å². The van der Waals surface area contributed by atoms with Gasteiger partial charge in [-0.2, -0.15) is 0 Å². The summed E-state index contributed by atoms with van der Waals surface area (Å²) in [6.07, 6.45) is 19.7. The third-order valence-electron chi connectivity index (χ3n) is 3.41. The van der Waals surface area contributed by atoms with E-state index in [0.717, 1.165) is 25.7 Å². The molecule has 0 aliphatic heterocycles. The van der Waals surface area contributed by atoms with E-state index >= 15 is 0 Å². The van der Waals surface area contributed by atoms with Crippen LogP contribution in [-0.2, 0) is 0 Å². The summed E-state index contributed by atoms with van der Waals surface area (Å²) in [5, 5.41) is 0. The second-order valence-corrected chi connectivity index (χ2v) is 5.61. The molecule has 1 rings (SSSR count). The summed E-state index contributed by atoms with van der Waals surface area (Å²) in [6, 6.07) is 0. The first kappa shape index (κ1) is 19.3. The lowest BCUT2D eigenvalue weighted by molar-refractivity contribution is 0.610. The Morgan fingerprint density at radius 2 is 1.90 bits per heavy atom. The van der Waals surface area contributed by atoms with E-state index in [9.17, 15) is 0 Å². The molecular weight excluding hydrogens is 252 g/mol. The van der Waals surface area contributed by atoms with Gasteiger partial charge in [0.25, 0.3) is 0 Å². The van der Waals surface area contributed by atoms with Crippen molar-refractivity contribution in [2.24, 2.45) is 5.41 Å². The van der Waals surface area contributed by atoms with Crippen molar-refractivity contribution >= 4 is 0 Å². The van der Waals surface area contributed by atoms with Crippen LogP contribution in [0, 0.1) is 17.8 Å². The minimum atomic E-state index is 0.0659. The maximum Gasteiger partial charge on any atom is 0.0305 e. The number of hydrogen-bond acceptors (Lipinski definition) is 0. The van der Waals surface area contributed by atoms with Gasteiger partial charge in [-0.1, -0.05) is 82.4 Å². The molecule has 0 aromatic carbocycles. The number of terminal acetylenes is 1. The summed E-state index contributed by atoms with van der Waals surface area (Å²) in [5.74, 6) is 2.76. The van der Waals surface area contributed by atoms with E-state index in [1.54, 1.807) is 0 Å². The van der Waals surface area contributed by atoms with Crippen molar-refractivity contribution in [2.45, 2.75) is 53.4 Å². The first-order valence-corrected chi connectivity index (χ1v) is 7.80. The van der Waals surface area contributed by atoms with Crippen LogP contribution >= 0.6 is 0 Å². The molecular formula is C21H30. The van der Waals surface area contributed by atoms with E-state index < -0.39 is 0 Å². The monoisotopic (exact) mass is 282 g/mol. The van der Waals surface area contributed by atoms with Gasteiger partial charge in [0.15, 0.2) is 0 Å². The van der Waals surface area contributed by atoms with Gasteiger partial charge >= 0.3 is 0 Å². The molecule has 0 saturated heterocycles. The molecule has 0 radical (unpaired) electrons. The Labute approximate surface area is 132 Å². The van der Waals surface area contributed by atoms with Gasteiger partial charge in [0.1, 0.15) is 0 Å². The zero-order chi connectivity index (χ0) is 16.3. The second-order valence-electron chi connectivity index (χ2n) is 5.61. The van der Waals surface area contributed by atoms with Crippen LogP contribution in [0.25, 0.3) is 0 Å². The SMILES string of the molecule is C#CCC1=C(C=C)CC/C(=C\C(C)(C)/C=C\C=C)C1.CC. The van der Waals surface area contributed by atoms with Crippen LogP contribution in [0.2, 0.25) is 0 Å². The van der Waals surface area contributed by atoms with Crippen LogP contribution in [0.1, 0.15) is 53.4 Å². The third kappa shape index (κ3) is 7.00. The first-order chi connectivity index (χ1) is 10.0. The zero-order valence-corrected chi connectivity index (χ0v) is 14.2. The topological polar surface area (TPSA) is 0 Å². The van der Waals surface area contributed by atoms with Crippen LogP contribution < -0.4 is 0 Å². The van der Waals surface area contributed by atoms with E-state index in [-0.39, 0.29) is 5.41 Å². The fourth-order valence-electron chi connectivity index (χ4n) is 2.51. The van der Waals surface area contributed by atoms with Gasteiger partial charge in [-0.15, -0.1) is 12.3 Å². The molecule has 21 heavy (non-hydrogen) atoms.